The summed E-state index contributed by atoms with van der Waals surface area (Å²) in [6.07, 6.45) is 0. The van der Waals surface area contributed by atoms with Crippen LogP contribution in [0.15, 0.2) is 95.4 Å². The van der Waals surface area contributed by atoms with Crippen molar-refractivity contribution in [3.63, 3.8) is 0 Å². The van der Waals surface area contributed by atoms with Gasteiger partial charge in [-0.3, -0.25) is 0 Å². The second-order valence-corrected chi connectivity index (χ2v) is 6.96. The average molecular weight is 388 g/mol. The lowest BCUT2D eigenvalue weighted by atomic mass is 10.1. The Kier molecular flexibility index (Phi) is 4.03. The van der Waals surface area contributed by atoms with Crippen LogP contribution in [0.3, 0.4) is 0 Å². The fourth-order valence-electron chi connectivity index (χ4n) is 3.50. The number of hydrogen-bond acceptors (Lipinski definition) is 2. The molecule has 5 aromatic rings. The molecule has 0 spiro atoms. The van der Waals surface area contributed by atoms with Gasteiger partial charge in [0.1, 0.15) is 17.0 Å². The number of furan rings is 1. The van der Waals surface area contributed by atoms with Crippen molar-refractivity contribution in [2.24, 2.45) is 0 Å². The Morgan fingerprint density at radius 3 is 1.89 bits per heavy atom. The molecule has 136 valence electrons. The summed E-state index contributed by atoms with van der Waals surface area (Å²) in [7, 11) is 0. The van der Waals surface area contributed by atoms with E-state index in [1.165, 1.54) is 12.1 Å². The van der Waals surface area contributed by atoms with Crippen LogP contribution in [0.2, 0.25) is 5.02 Å². The Balaban J connectivity index is 1.75. The second kappa shape index (κ2) is 6.70. The fraction of sp³-hybridized carbons (Fsp3) is 0. The zero-order valence-corrected chi connectivity index (χ0v) is 15.5. The van der Waals surface area contributed by atoms with Crippen molar-refractivity contribution in [1.29, 1.82) is 0 Å². The lowest BCUT2D eigenvalue weighted by Crippen LogP contribution is -2.09. The van der Waals surface area contributed by atoms with Gasteiger partial charge in [-0.05, 0) is 48.5 Å². The molecule has 2 nitrogen and oxygen atoms in total. The van der Waals surface area contributed by atoms with E-state index in [2.05, 4.69) is 29.2 Å². The summed E-state index contributed by atoms with van der Waals surface area (Å²) >= 11 is 5.91. The highest BCUT2D eigenvalue weighted by Gasteiger charge is 2.16. The Morgan fingerprint density at radius 2 is 1.25 bits per heavy atom. The third-order valence-electron chi connectivity index (χ3n) is 4.78. The van der Waals surface area contributed by atoms with E-state index in [1.807, 2.05) is 54.6 Å². The minimum absolute atomic E-state index is 0.0574. The first kappa shape index (κ1) is 16.8. The maximum Gasteiger partial charge on any atom is 0.142 e. The van der Waals surface area contributed by atoms with E-state index in [4.69, 9.17) is 16.0 Å². The number of fused-ring (bicyclic) bond motifs is 3. The van der Waals surface area contributed by atoms with E-state index in [1.54, 1.807) is 0 Å². The molecule has 0 radical (unpaired) electrons. The van der Waals surface area contributed by atoms with E-state index in [0.717, 1.165) is 22.4 Å². The van der Waals surface area contributed by atoms with Crippen LogP contribution in [0.25, 0.3) is 21.9 Å². The number of rotatable bonds is 3. The van der Waals surface area contributed by atoms with Crippen LogP contribution in [-0.2, 0) is 0 Å². The lowest BCUT2D eigenvalue weighted by Gasteiger charge is -2.25. The molecule has 4 aromatic carbocycles. The van der Waals surface area contributed by atoms with Crippen LogP contribution < -0.4 is 4.90 Å². The van der Waals surface area contributed by atoms with Crippen molar-refractivity contribution in [1.82, 2.24) is 0 Å². The van der Waals surface area contributed by atoms with Crippen molar-refractivity contribution in [2.75, 3.05) is 4.90 Å². The van der Waals surface area contributed by atoms with Crippen molar-refractivity contribution in [2.45, 2.75) is 0 Å². The first-order valence-corrected chi connectivity index (χ1v) is 9.30. The lowest BCUT2D eigenvalue weighted by molar-refractivity contribution is 0.626. The maximum absolute atomic E-state index is 14.1. The van der Waals surface area contributed by atoms with Gasteiger partial charge in [0.05, 0.1) is 5.02 Å². The minimum Gasteiger partial charge on any atom is -0.456 e. The molecule has 1 heterocycles. The molecule has 0 saturated heterocycles. The summed E-state index contributed by atoms with van der Waals surface area (Å²) in [5, 5.41) is 1.61. The molecule has 0 N–H and O–H groups in total. The highest BCUT2D eigenvalue weighted by molar-refractivity contribution is 6.31. The Morgan fingerprint density at radius 1 is 0.643 bits per heavy atom. The highest BCUT2D eigenvalue weighted by atomic mass is 35.5. The normalized spacial score (nSPS) is 11.2. The van der Waals surface area contributed by atoms with Gasteiger partial charge in [-0.1, -0.05) is 48.0 Å². The van der Waals surface area contributed by atoms with Gasteiger partial charge in [0, 0.05) is 33.9 Å². The van der Waals surface area contributed by atoms with Crippen LogP contribution >= 0.6 is 11.6 Å². The highest BCUT2D eigenvalue weighted by Crippen LogP contribution is 2.39. The second-order valence-electron chi connectivity index (χ2n) is 6.55. The van der Waals surface area contributed by atoms with E-state index < -0.39 is 5.82 Å². The number of halogens is 2. The molecule has 5 rings (SSSR count). The molecule has 0 amide bonds. The summed E-state index contributed by atoms with van der Waals surface area (Å²) in [4.78, 5) is 2.16. The maximum atomic E-state index is 14.1. The third kappa shape index (κ3) is 2.81. The Bertz CT molecular complexity index is 1240. The third-order valence-corrected chi connectivity index (χ3v) is 5.07. The fourth-order valence-corrected chi connectivity index (χ4v) is 3.65. The topological polar surface area (TPSA) is 16.4 Å². The molecule has 0 aliphatic carbocycles. The van der Waals surface area contributed by atoms with E-state index >= 15 is 0 Å². The minimum atomic E-state index is -0.453. The molecule has 0 aliphatic rings. The van der Waals surface area contributed by atoms with Gasteiger partial charge in [-0.15, -0.1) is 0 Å². The predicted octanol–water partition coefficient (Wildman–Crippen LogP) is 7.85. The summed E-state index contributed by atoms with van der Waals surface area (Å²) in [5.74, 6) is -0.453. The Labute approximate surface area is 166 Å². The molecule has 4 heteroatoms. The largest absolute Gasteiger partial charge is 0.456 e. The van der Waals surface area contributed by atoms with Crippen LogP contribution in [0.4, 0.5) is 21.5 Å². The van der Waals surface area contributed by atoms with E-state index in [9.17, 15) is 4.39 Å². The van der Waals surface area contributed by atoms with Gasteiger partial charge in [0.2, 0.25) is 0 Å². The van der Waals surface area contributed by atoms with Crippen molar-refractivity contribution in [3.8, 4) is 0 Å². The first-order valence-electron chi connectivity index (χ1n) is 8.92. The monoisotopic (exact) mass is 387 g/mol. The zero-order valence-electron chi connectivity index (χ0n) is 14.8. The van der Waals surface area contributed by atoms with Crippen molar-refractivity contribution < 1.29 is 8.81 Å². The molecule has 0 bridgehead atoms. The molecule has 0 aliphatic heterocycles. The van der Waals surface area contributed by atoms with Crippen LogP contribution in [-0.4, -0.2) is 0 Å². The summed E-state index contributed by atoms with van der Waals surface area (Å²) in [6.45, 7) is 0. The molecule has 1 aromatic heterocycles. The molecular formula is C24H15ClFNO. The van der Waals surface area contributed by atoms with Crippen molar-refractivity contribution in [3.05, 3.63) is 102 Å². The quantitative estimate of drug-likeness (QED) is 0.313. The van der Waals surface area contributed by atoms with Gasteiger partial charge in [-0.2, -0.15) is 0 Å². The number of anilines is 3. The van der Waals surface area contributed by atoms with Gasteiger partial charge < -0.3 is 9.32 Å². The SMILES string of the molecule is Fc1cc2c(cc1Cl)oc1ccc(N(c3ccccc3)c3ccccc3)cc12. The van der Waals surface area contributed by atoms with Gasteiger partial charge >= 0.3 is 0 Å². The first-order chi connectivity index (χ1) is 13.7. The number of hydrogen-bond donors (Lipinski definition) is 0. The van der Waals surface area contributed by atoms with Crippen LogP contribution in [0, 0.1) is 5.82 Å². The summed E-state index contributed by atoms with van der Waals surface area (Å²) in [5.41, 5.74) is 4.30. The summed E-state index contributed by atoms with van der Waals surface area (Å²) < 4.78 is 19.9. The molecule has 0 saturated carbocycles. The molecular weight excluding hydrogens is 373 g/mol. The van der Waals surface area contributed by atoms with Gasteiger partial charge in [-0.25, -0.2) is 4.39 Å². The van der Waals surface area contributed by atoms with Crippen LogP contribution in [0.1, 0.15) is 0 Å². The molecule has 0 fully saturated rings. The summed E-state index contributed by atoms with van der Waals surface area (Å²) in [6, 6.07) is 29.2. The molecule has 28 heavy (non-hydrogen) atoms. The number of para-hydroxylation sites is 2. The molecule has 0 unspecified atom stereocenters. The number of benzene rings is 4. The van der Waals surface area contributed by atoms with Gasteiger partial charge in [0.25, 0.3) is 0 Å². The van der Waals surface area contributed by atoms with Crippen molar-refractivity contribution >= 4 is 50.6 Å². The predicted molar refractivity (Wildman–Crippen MR) is 113 cm³/mol. The standard InChI is InChI=1S/C24H15ClFNO/c25-21-15-24-20(14-22(21)26)19-13-18(11-12-23(19)28-24)27(16-7-3-1-4-8-16)17-9-5-2-6-10-17/h1-15H. The Hall–Kier alpha value is -3.30. The van der Waals surface area contributed by atoms with Crippen LogP contribution in [0.5, 0.6) is 0 Å². The average Bonchev–Trinajstić information content (AvgIpc) is 3.07. The molecule has 0 atom stereocenters. The van der Waals surface area contributed by atoms with Gasteiger partial charge in [0.15, 0.2) is 0 Å². The zero-order chi connectivity index (χ0) is 19.1. The smallest absolute Gasteiger partial charge is 0.142 e. The van der Waals surface area contributed by atoms with E-state index in [-0.39, 0.29) is 5.02 Å². The van der Waals surface area contributed by atoms with E-state index in [0.29, 0.717) is 16.6 Å². The number of nitrogens with zero attached hydrogens (tertiary/aromatic N) is 1.